The molecule has 0 radical (unpaired) electrons. The topological polar surface area (TPSA) is 91.0 Å². The molecular formula is C20H30N4O4. The van der Waals surface area contributed by atoms with Gasteiger partial charge < -0.3 is 25.2 Å². The Morgan fingerprint density at radius 1 is 1.36 bits per heavy atom. The average Bonchev–Trinajstić information content (AvgIpc) is 2.59. The van der Waals surface area contributed by atoms with E-state index >= 15 is 0 Å². The van der Waals surface area contributed by atoms with Crippen molar-refractivity contribution in [3.05, 3.63) is 23.8 Å². The zero-order valence-corrected chi connectivity index (χ0v) is 17.4. The molecule has 154 valence electrons. The first kappa shape index (κ1) is 21.5. The van der Waals surface area contributed by atoms with E-state index < -0.39 is 0 Å². The molecule has 28 heavy (non-hydrogen) atoms. The van der Waals surface area contributed by atoms with Gasteiger partial charge in [0, 0.05) is 39.5 Å². The molecule has 8 nitrogen and oxygen atoms in total. The van der Waals surface area contributed by atoms with E-state index in [0.29, 0.717) is 30.1 Å². The molecule has 0 aliphatic carbocycles. The minimum Gasteiger partial charge on any atom is -0.485 e. The Labute approximate surface area is 166 Å². The van der Waals surface area contributed by atoms with Gasteiger partial charge in [-0.05, 0) is 26.0 Å². The molecule has 2 rings (SSSR count). The maximum atomic E-state index is 12.8. The molecule has 1 aromatic carbocycles. The van der Waals surface area contributed by atoms with Crippen LogP contribution in [0.5, 0.6) is 5.75 Å². The molecular weight excluding hydrogens is 360 g/mol. The van der Waals surface area contributed by atoms with Gasteiger partial charge in [-0.3, -0.25) is 9.59 Å². The third-order valence-corrected chi connectivity index (χ3v) is 4.58. The maximum absolute atomic E-state index is 12.8. The van der Waals surface area contributed by atoms with E-state index in [9.17, 15) is 14.4 Å². The first-order chi connectivity index (χ1) is 13.1. The summed E-state index contributed by atoms with van der Waals surface area (Å²) in [5.74, 6) is -0.109. The Hall–Kier alpha value is -2.77. The first-order valence-corrected chi connectivity index (χ1v) is 9.44. The van der Waals surface area contributed by atoms with E-state index in [4.69, 9.17) is 4.74 Å². The molecule has 1 aliphatic rings. The van der Waals surface area contributed by atoms with Crippen LogP contribution in [0.1, 0.15) is 38.1 Å². The number of likely N-dealkylation sites (N-methyl/N-ethyl adjacent to an activating group) is 1. The van der Waals surface area contributed by atoms with Gasteiger partial charge in [0.1, 0.15) is 6.10 Å². The summed E-state index contributed by atoms with van der Waals surface area (Å²) >= 11 is 0. The fraction of sp³-hybridized carbons (Fsp3) is 0.550. The second-order valence-electron chi connectivity index (χ2n) is 7.67. The van der Waals surface area contributed by atoms with Crippen LogP contribution in [0.25, 0.3) is 0 Å². The van der Waals surface area contributed by atoms with Crippen LogP contribution in [0.15, 0.2) is 18.2 Å². The number of para-hydroxylation sites is 1. The quantitative estimate of drug-likeness (QED) is 0.824. The van der Waals surface area contributed by atoms with Crippen molar-refractivity contribution in [2.24, 2.45) is 5.92 Å². The van der Waals surface area contributed by atoms with Gasteiger partial charge in [-0.2, -0.15) is 0 Å². The van der Waals surface area contributed by atoms with Gasteiger partial charge in [0.15, 0.2) is 5.75 Å². The molecule has 1 aromatic rings. The van der Waals surface area contributed by atoms with Crippen LogP contribution < -0.4 is 15.4 Å². The highest BCUT2D eigenvalue weighted by Crippen LogP contribution is 2.34. The Kier molecular flexibility index (Phi) is 6.88. The smallest absolute Gasteiger partial charge is 0.317 e. The fourth-order valence-electron chi connectivity index (χ4n) is 3.15. The lowest BCUT2D eigenvalue weighted by molar-refractivity contribution is -0.114. The standard InChI is InChI=1S/C20H30N4O4/c1-12(2)21-20(27)24(6)11-17-13(3)10-23(5)19(26)15-8-7-9-16(18(15)28-17)22-14(4)25/h7-9,12-13,17H,10-11H2,1-6H3,(H,21,27)(H,22,25)/t13-,17-/m1/s1. The molecule has 1 heterocycles. The van der Waals surface area contributed by atoms with Crippen LogP contribution >= 0.6 is 0 Å². The molecule has 0 bridgehead atoms. The Balaban J connectivity index is 2.36. The van der Waals surface area contributed by atoms with Crippen LogP contribution in [-0.4, -0.2) is 67.0 Å². The highest BCUT2D eigenvalue weighted by atomic mass is 16.5. The SMILES string of the molecule is CC(=O)Nc1cccc2c1O[C@H](CN(C)C(=O)NC(C)C)[C@H](C)CN(C)C2=O. The van der Waals surface area contributed by atoms with Gasteiger partial charge in [-0.25, -0.2) is 4.79 Å². The Bertz CT molecular complexity index is 750. The number of fused-ring (bicyclic) bond motifs is 1. The molecule has 1 aliphatic heterocycles. The minimum absolute atomic E-state index is 0.0261. The van der Waals surface area contributed by atoms with Crippen molar-refractivity contribution in [3.63, 3.8) is 0 Å². The van der Waals surface area contributed by atoms with Crippen LogP contribution in [0, 0.1) is 5.92 Å². The number of nitrogens with zero attached hydrogens (tertiary/aromatic N) is 2. The number of nitrogens with one attached hydrogen (secondary N) is 2. The molecule has 0 unspecified atom stereocenters. The van der Waals surface area contributed by atoms with E-state index in [-0.39, 0.29) is 35.9 Å². The normalized spacial score (nSPS) is 19.2. The number of rotatable bonds is 4. The van der Waals surface area contributed by atoms with E-state index in [1.165, 1.54) is 6.92 Å². The van der Waals surface area contributed by atoms with Crippen molar-refractivity contribution >= 4 is 23.5 Å². The summed E-state index contributed by atoms with van der Waals surface area (Å²) in [5, 5.41) is 5.58. The molecule has 0 spiro atoms. The Morgan fingerprint density at radius 3 is 2.64 bits per heavy atom. The lowest BCUT2D eigenvalue weighted by Crippen LogP contribution is -2.49. The highest BCUT2D eigenvalue weighted by Gasteiger charge is 2.32. The average molecular weight is 390 g/mol. The van der Waals surface area contributed by atoms with Gasteiger partial charge in [0.05, 0.1) is 17.8 Å². The monoisotopic (exact) mass is 390 g/mol. The van der Waals surface area contributed by atoms with Gasteiger partial charge in [-0.15, -0.1) is 0 Å². The predicted octanol–water partition coefficient (Wildman–Crippen LogP) is 2.16. The lowest BCUT2D eigenvalue weighted by Gasteiger charge is -2.35. The van der Waals surface area contributed by atoms with E-state index in [0.717, 1.165) is 0 Å². The van der Waals surface area contributed by atoms with Crippen molar-refractivity contribution < 1.29 is 19.1 Å². The largest absolute Gasteiger partial charge is 0.485 e. The molecule has 0 fully saturated rings. The highest BCUT2D eigenvalue weighted by molar-refractivity contribution is 6.01. The third kappa shape index (κ3) is 5.15. The number of hydrogen-bond acceptors (Lipinski definition) is 4. The second-order valence-corrected chi connectivity index (χ2v) is 7.67. The van der Waals surface area contributed by atoms with E-state index in [2.05, 4.69) is 10.6 Å². The van der Waals surface area contributed by atoms with Gasteiger partial charge >= 0.3 is 6.03 Å². The van der Waals surface area contributed by atoms with E-state index in [1.54, 1.807) is 42.1 Å². The maximum Gasteiger partial charge on any atom is 0.317 e. The zero-order chi connectivity index (χ0) is 21.0. The second kappa shape index (κ2) is 8.95. The van der Waals surface area contributed by atoms with Crippen molar-refractivity contribution in [2.75, 3.05) is 32.5 Å². The first-order valence-electron chi connectivity index (χ1n) is 9.44. The summed E-state index contributed by atoms with van der Waals surface area (Å²) in [6.07, 6.45) is -0.355. The molecule has 0 aromatic heterocycles. The number of anilines is 1. The van der Waals surface area contributed by atoms with Crippen LogP contribution in [0.4, 0.5) is 10.5 Å². The van der Waals surface area contributed by atoms with Crippen molar-refractivity contribution in [1.29, 1.82) is 0 Å². The summed E-state index contributed by atoms with van der Waals surface area (Å²) in [6.45, 7) is 8.02. The summed E-state index contributed by atoms with van der Waals surface area (Å²) in [6, 6.07) is 4.93. The van der Waals surface area contributed by atoms with Gasteiger partial charge in [0.2, 0.25) is 5.91 Å². The zero-order valence-electron chi connectivity index (χ0n) is 17.4. The molecule has 2 N–H and O–H groups in total. The van der Waals surface area contributed by atoms with E-state index in [1.807, 2.05) is 20.8 Å². The van der Waals surface area contributed by atoms with Gasteiger partial charge in [0.25, 0.3) is 5.91 Å². The molecule has 0 saturated heterocycles. The number of amides is 4. The molecule has 4 amide bonds. The summed E-state index contributed by atoms with van der Waals surface area (Å²) in [4.78, 5) is 39.9. The number of carbonyl (C=O) groups is 3. The minimum atomic E-state index is -0.355. The van der Waals surface area contributed by atoms with Crippen LogP contribution in [0.3, 0.4) is 0 Å². The third-order valence-electron chi connectivity index (χ3n) is 4.58. The molecule has 8 heteroatoms. The molecule has 2 atom stereocenters. The summed E-state index contributed by atoms with van der Waals surface area (Å²) in [7, 11) is 3.45. The predicted molar refractivity (Wildman–Crippen MR) is 108 cm³/mol. The van der Waals surface area contributed by atoms with Crippen molar-refractivity contribution in [3.8, 4) is 5.75 Å². The summed E-state index contributed by atoms with van der Waals surface area (Å²) < 4.78 is 6.24. The Morgan fingerprint density at radius 2 is 2.04 bits per heavy atom. The van der Waals surface area contributed by atoms with Gasteiger partial charge in [-0.1, -0.05) is 13.0 Å². The molecule has 0 saturated carbocycles. The number of carbonyl (C=O) groups excluding carboxylic acids is 3. The fourth-order valence-corrected chi connectivity index (χ4v) is 3.15. The lowest BCUT2D eigenvalue weighted by atomic mass is 10.0. The van der Waals surface area contributed by atoms with Crippen molar-refractivity contribution in [2.45, 2.75) is 39.8 Å². The number of benzene rings is 1. The number of ether oxygens (including phenoxy) is 1. The van der Waals surface area contributed by atoms with Crippen LogP contribution in [-0.2, 0) is 4.79 Å². The number of urea groups is 1. The number of hydrogen-bond donors (Lipinski definition) is 2. The van der Waals surface area contributed by atoms with Crippen LogP contribution in [0.2, 0.25) is 0 Å². The van der Waals surface area contributed by atoms with Crippen molar-refractivity contribution in [1.82, 2.24) is 15.1 Å². The summed E-state index contributed by atoms with van der Waals surface area (Å²) in [5.41, 5.74) is 0.833.